The van der Waals surface area contributed by atoms with Gasteiger partial charge < -0.3 is 0 Å². The summed E-state index contributed by atoms with van der Waals surface area (Å²) in [7, 11) is 0. The van der Waals surface area contributed by atoms with Crippen molar-refractivity contribution in [2.75, 3.05) is 5.33 Å². The summed E-state index contributed by atoms with van der Waals surface area (Å²) >= 11 is 6.54. The average molecular weight is 324 g/mol. The molecule has 0 radical (unpaired) electrons. The average Bonchev–Trinajstić information content (AvgIpc) is 2.19. The fourth-order valence-corrected chi connectivity index (χ4v) is 1.88. The zero-order valence-corrected chi connectivity index (χ0v) is 10.9. The summed E-state index contributed by atoms with van der Waals surface area (Å²) in [6.45, 7) is 0.748. The number of hydrogen-bond acceptors (Lipinski definition) is 2. The molecule has 0 unspecified atom stereocenters. The largest absolute Gasteiger partial charge is 0.298 e. The number of unbranched alkanes of at least 4 members (excludes halogenated alkanes) is 2. The van der Waals surface area contributed by atoms with Crippen LogP contribution in [-0.4, -0.2) is 14.9 Å². The zero-order chi connectivity index (χ0) is 10.4. The molecule has 1 aromatic heterocycles. The fourth-order valence-electron chi connectivity index (χ4n) is 1.14. The van der Waals surface area contributed by atoms with E-state index in [1.807, 2.05) is 0 Å². The molecule has 0 fully saturated rings. The Kier molecular flexibility index (Phi) is 5.40. The molecule has 0 aromatic carbocycles. The van der Waals surface area contributed by atoms with Crippen molar-refractivity contribution in [2.45, 2.75) is 25.8 Å². The van der Waals surface area contributed by atoms with E-state index in [4.69, 9.17) is 0 Å². The molecule has 5 heteroatoms. The van der Waals surface area contributed by atoms with E-state index in [9.17, 15) is 4.79 Å². The van der Waals surface area contributed by atoms with Crippen molar-refractivity contribution in [1.29, 1.82) is 0 Å². The summed E-state index contributed by atoms with van der Waals surface area (Å²) in [6, 6.07) is 0. The number of aromatic nitrogens is 2. The van der Waals surface area contributed by atoms with Crippen LogP contribution in [-0.2, 0) is 6.54 Å². The van der Waals surface area contributed by atoms with Crippen molar-refractivity contribution in [3.8, 4) is 0 Å². The monoisotopic (exact) mass is 322 g/mol. The lowest BCUT2D eigenvalue weighted by molar-refractivity contribution is 0.580. The van der Waals surface area contributed by atoms with E-state index in [0.29, 0.717) is 4.47 Å². The van der Waals surface area contributed by atoms with E-state index in [2.05, 4.69) is 36.8 Å². The van der Waals surface area contributed by atoms with Crippen LogP contribution < -0.4 is 5.56 Å². The number of nitrogens with zero attached hydrogens (tertiary/aromatic N) is 2. The number of halogens is 2. The van der Waals surface area contributed by atoms with Gasteiger partial charge in [-0.05, 0) is 28.8 Å². The van der Waals surface area contributed by atoms with Gasteiger partial charge in [-0.2, -0.15) is 0 Å². The molecule has 0 aliphatic carbocycles. The standard InChI is InChI=1S/C9H12Br2N2O/c10-4-2-1-3-5-13-7-12-6-8(11)9(13)14/h6-7H,1-5H2. The van der Waals surface area contributed by atoms with E-state index >= 15 is 0 Å². The molecule has 0 saturated heterocycles. The molecule has 78 valence electrons. The number of aryl methyl sites for hydroxylation is 1. The maximum atomic E-state index is 11.5. The van der Waals surface area contributed by atoms with Crippen molar-refractivity contribution in [3.63, 3.8) is 0 Å². The Morgan fingerprint density at radius 2 is 2.14 bits per heavy atom. The molecule has 14 heavy (non-hydrogen) atoms. The van der Waals surface area contributed by atoms with E-state index in [0.717, 1.165) is 31.1 Å². The van der Waals surface area contributed by atoms with E-state index in [-0.39, 0.29) is 5.56 Å². The van der Waals surface area contributed by atoms with Crippen LogP contribution in [0.4, 0.5) is 0 Å². The molecule has 0 amide bonds. The van der Waals surface area contributed by atoms with Gasteiger partial charge in [0.05, 0.1) is 6.33 Å². The van der Waals surface area contributed by atoms with Gasteiger partial charge in [0.25, 0.3) is 5.56 Å². The Hall–Kier alpha value is -0.160. The molecular weight excluding hydrogens is 312 g/mol. The minimum atomic E-state index is -0.00107. The molecular formula is C9H12Br2N2O. The number of rotatable bonds is 5. The lowest BCUT2D eigenvalue weighted by atomic mass is 10.2. The van der Waals surface area contributed by atoms with Gasteiger partial charge in [0.1, 0.15) is 4.47 Å². The molecule has 1 heterocycles. The lowest BCUT2D eigenvalue weighted by Gasteiger charge is -2.03. The minimum absolute atomic E-state index is 0.00107. The lowest BCUT2D eigenvalue weighted by Crippen LogP contribution is -2.20. The highest BCUT2D eigenvalue weighted by Crippen LogP contribution is 2.02. The van der Waals surface area contributed by atoms with Crippen LogP contribution in [0.5, 0.6) is 0 Å². The highest BCUT2D eigenvalue weighted by atomic mass is 79.9. The molecule has 0 aliphatic rings. The summed E-state index contributed by atoms with van der Waals surface area (Å²) < 4.78 is 2.17. The van der Waals surface area contributed by atoms with Gasteiger partial charge in [0.2, 0.25) is 0 Å². The normalized spacial score (nSPS) is 10.4. The zero-order valence-electron chi connectivity index (χ0n) is 7.75. The summed E-state index contributed by atoms with van der Waals surface area (Å²) in [5, 5.41) is 1.03. The van der Waals surface area contributed by atoms with E-state index in [1.165, 1.54) is 6.20 Å². The highest BCUT2D eigenvalue weighted by molar-refractivity contribution is 9.10. The van der Waals surface area contributed by atoms with Crippen LogP contribution >= 0.6 is 31.9 Å². The van der Waals surface area contributed by atoms with Crippen LogP contribution in [0.2, 0.25) is 0 Å². The predicted molar refractivity (Wildman–Crippen MR) is 63.8 cm³/mol. The molecule has 0 atom stereocenters. The van der Waals surface area contributed by atoms with E-state index in [1.54, 1.807) is 10.9 Å². The third-order valence-electron chi connectivity index (χ3n) is 1.89. The first-order valence-corrected chi connectivity index (χ1v) is 6.43. The second kappa shape index (κ2) is 6.35. The minimum Gasteiger partial charge on any atom is -0.298 e. The number of alkyl halides is 1. The van der Waals surface area contributed by atoms with Crippen molar-refractivity contribution in [1.82, 2.24) is 9.55 Å². The fraction of sp³-hybridized carbons (Fsp3) is 0.556. The summed E-state index contributed by atoms with van der Waals surface area (Å²) in [6.07, 6.45) is 6.41. The van der Waals surface area contributed by atoms with Crippen LogP contribution in [0.3, 0.4) is 0 Å². The predicted octanol–water partition coefficient (Wildman–Crippen LogP) is 2.57. The van der Waals surface area contributed by atoms with Crippen molar-refractivity contribution in [3.05, 3.63) is 27.4 Å². The maximum absolute atomic E-state index is 11.5. The van der Waals surface area contributed by atoms with Crippen LogP contribution in [0.15, 0.2) is 21.8 Å². The Morgan fingerprint density at radius 1 is 1.36 bits per heavy atom. The van der Waals surface area contributed by atoms with Crippen molar-refractivity contribution in [2.24, 2.45) is 0 Å². The molecule has 0 N–H and O–H groups in total. The summed E-state index contributed by atoms with van der Waals surface area (Å²) in [5.74, 6) is 0. The molecule has 1 rings (SSSR count). The maximum Gasteiger partial charge on any atom is 0.267 e. The Balaban J connectivity index is 2.51. The van der Waals surface area contributed by atoms with E-state index < -0.39 is 0 Å². The van der Waals surface area contributed by atoms with Gasteiger partial charge in [-0.15, -0.1) is 0 Å². The molecule has 0 spiro atoms. The number of hydrogen-bond donors (Lipinski definition) is 0. The van der Waals surface area contributed by atoms with Gasteiger partial charge in [-0.3, -0.25) is 9.36 Å². The van der Waals surface area contributed by atoms with Crippen molar-refractivity contribution >= 4 is 31.9 Å². The SMILES string of the molecule is O=c1c(Br)cncn1CCCCCBr. The summed E-state index contributed by atoms with van der Waals surface area (Å²) in [5.41, 5.74) is -0.00107. The molecule has 3 nitrogen and oxygen atoms in total. The van der Waals surface area contributed by atoms with Gasteiger partial charge in [0.15, 0.2) is 0 Å². The van der Waals surface area contributed by atoms with Crippen LogP contribution in [0.1, 0.15) is 19.3 Å². The molecule has 0 bridgehead atoms. The molecule has 0 saturated carbocycles. The van der Waals surface area contributed by atoms with Crippen LogP contribution in [0, 0.1) is 0 Å². The quantitative estimate of drug-likeness (QED) is 0.616. The first-order valence-electron chi connectivity index (χ1n) is 4.51. The van der Waals surface area contributed by atoms with Gasteiger partial charge >= 0.3 is 0 Å². The first kappa shape index (κ1) is 11.9. The smallest absolute Gasteiger partial charge is 0.267 e. The third kappa shape index (κ3) is 3.53. The highest BCUT2D eigenvalue weighted by Gasteiger charge is 1.99. The second-order valence-corrected chi connectivity index (χ2v) is 4.64. The topological polar surface area (TPSA) is 34.9 Å². The van der Waals surface area contributed by atoms with Crippen LogP contribution in [0.25, 0.3) is 0 Å². The van der Waals surface area contributed by atoms with Gasteiger partial charge in [0, 0.05) is 18.1 Å². The second-order valence-electron chi connectivity index (χ2n) is 2.99. The van der Waals surface area contributed by atoms with Gasteiger partial charge in [-0.25, -0.2) is 4.98 Å². The Morgan fingerprint density at radius 3 is 2.86 bits per heavy atom. The summed E-state index contributed by atoms with van der Waals surface area (Å²) in [4.78, 5) is 15.5. The van der Waals surface area contributed by atoms with Crippen molar-refractivity contribution < 1.29 is 0 Å². The molecule has 0 aliphatic heterocycles. The van der Waals surface area contributed by atoms with Gasteiger partial charge in [-0.1, -0.05) is 22.4 Å². The Bertz CT molecular complexity index is 338. The Labute approximate surface area is 99.8 Å². The first-order chi connectivity index (χ1) is 6.75. The molecule has 1 aromatic rings. The third-order valence-corrected chi connectivity index (χ3v) is 3.00.